The molecule has 1 heterocycles. The molecule has 1 aliphatic rings. The summed E-state index contributed by atoms with van der Waals surface area (Å²) in [6.07, 6.45) is 2.16. The minimum absolute atomic E-state index is 0.0687. The predicted molar refractivity (Wildman–Crippen MR) is 99.9 cm³/mol. The third kappa shape index (κ3) is 4.38. The fraction of sp³-hybridized carbons (Fsp3) is 0.300. The van der Waals surface area contributed by atoms with Crippen LogP contribution in [0.15, 0.2) is 54.6 Å². The van der Waals surface area contributed by atoms with Gasteiger partial charge in [-0.05, 0) is 49.2 Å². The maximum atomic E-state index is 12.3. The minimum Gasteiger partial charge on any atom is -0.365 e. The van der Waals surface area contributed by atoms with Crippen LogP contribution in [0.5, 0.6) is 0 Å². The van der Waals surface area contributed by atoms with Gasteiger partial charge >= 0.3 is 0 Å². The molecule has 25 heavy (non-hydrogen) atoms. The van der Waals surface area contributed by atoms with Crippen molar-refractivity contribution in [1.82, 2.24) is 4.90 Å². The number of anilines is 2. The van der Waals surface area contributed by atoms with Gasteiger partial charge < -0.3 is 15.1 Å². The van der Waals surface area contributed by atoms with Crippen molar-refractivity contribution in [2.24, 2.45) is 0 Å². The van der Waals surface area contributed by atoms with E-state index in [9.17, 15) is 9.59 Å². The molecule has 0 atom stereocenters. The number of rotatable bonds is 5. The normalized spacial score (nSPS) is 13.6. The Hall–Kier alpha value is -2.82. The molecular formula is C20H23N3O2. The molecule has 5 nitrogen and oxygen atoms in total. The molecule has 0 radical (unpaired) electrons. The molecule has 2 amide bonds. The van der Waals surface area contributed by atoms with Crippen molar-refractivity contribution in [1.29, 1.82) is 0 Å². The predicted octanol–water partition coefficient (Wildman–Crippen LogP) is 3.00. The first-order chi connectivity index (χ1) is 12.1. The Morgan fingerprint density at radius 2 is 1.64 bits per heavy atom. The van der Waals surface area contributed by atoms with E-state index in [1.54, 1.807) is 24.3 Å². The van der Waals surface area contributed by atoms with Crippen LogP contribution in [0, 0.1) is 0 Å². The number of para-hydroxylation sites is 1. The van der Waals surface area contributed by atoms with Gasteiger partial charge in [-0.15, -0.1) is 0 Å². The Morgan fingerprint density at radius 1 is 1.00 bits per heavy atom. The lowest BCUT2D eigenvalue weighted by atomic mass is 10.2. The largest absolute Gasteiger partial charge is 0.365 e. The van der Waals surface area contributed by atoms with E-state index in [0.717, 1.165) is 31.6 Å². The zero-order chi connectivity index (χ0) is 17.6. The molecule has 1 aliphatic heterocycles. The first kappa shape index (κ1) is 17.0. The highest BCUT2D eigenvalue weighted by Crippen LogP contribution is 2.16. The zero-order valence-electron chi connectivity index (χ0n) is 14.4. The van der Waals surface area contributed by atoms with Crippen LogP contribution < -0.4 is 10.2 Å². The number of amides is 2. The van der Waals surface area contributed by atoms with E-state index in [2.05, 4.69) is 5.32 Å². The molecule has 2 aromatic rings. The molecule has 130 valence electrons. The van der Waals surface area contributed by atoms with Gasteiger partial charge in [-0.1, -0.05) is 18.2 Å². The van der Waals surface area contributed by atoms with Gasteiger partial charge in [0.1, 0.15) is 0 Å². The molecular weight excluding hydrogens is 314 g/mol. The summed E-state index contributed by atoms with van der Waals surface area (Å²) in [5.74, 6) is -0.0239. The molecule has 1 N–H and O–H groups in total. The van der Waals surface area contributed by atoms with Crippen LogP contribution in [0.4, 0.5) is 11.4 Å². The van der Waals surface area contributed by atoms with Crippen molar-refractivity contribution in [2.75, 3.05) is 36.9 Å². The minimum atomic E-state index is -0.0926. The number of carbonyl (C=O) groups excluding carboxylic acids is 2. The number of nitrogens with zero attached hydrogens (tertiary/aromatic N) is 2. The number of carbonyl (C=O) groups is 2. The second kappa shape index (κ2) is 7.83. The van der Waals surface area contributed by atoms with Crippen molar-refractivity contribution >= 4 is 23.2 Å². The van der Waals surface area contributed by atoms with E-state index in [-0.39, 0.29) is 18.4 Å². The standard InChI is InChI=1S/C20H23N3O2/c1-22(18-7-3-2-4-8-18)15-19(24)21-17-11-9-16(10-12-17)20(25)23-13-5-6-14-23/h2-4,7-12H,5-6,13-15H2,1H3,(H,21,24). The van der Waals surface area contributed by atoms with Crippen LogP contribution in [-0.2, 0) is 4.79 Å². The van der Waals surface area contributed by atoms with Gasteiger partial charge in [-0.2, -0.15) is 0 Å². The van der Waals surface area contributed by atoms with Gasteiger partial charge in [-0.25, -0.2) is 0 Å². The van der Waals surface area contributed by atoms with E-state index in [1.807, 2.05) is 47.2 Å². The molecule has 3 rings (SSSR count). The molecule has 1 fully saturated rings. The number of likely N-dealkylation sites (tertiary alicyclic amines) is 1. The molecule has 2 aromatic carbocycles. The second-order valence-corrected chi connectivity index (χ2v) is 6.32. The number of nitrogens with one attached hydrogen (secondary N) is 1. The summed E-state index contributed by atoms with van der Waals surface area (Å²) in [5.41, 5.74) is 2.36. The van der Waals surface area contributed by atoms with E-state index in [1.165, 1.54) is 0 Å². The fourth-order valence-electron chi connectivity index (χ4n) is 2.99. The first-order valence-corrected chi connectivity index (χ1v) is 8.59. The third-order valence-corrected chi connectivity index (χ3v) is 4.39. The summed E-state index contributed by atoms with van der Waals surface area (Å²) in [6, 6.07) is 16.9. The van der Waals surface area contributed by atoms with Crippen molar-refractivity contribution in [3.63, 3.8) is 0 Å². The van der Waals surface area contributed by atoms with Gasteiger partial charge in [0.15, 0.2) is 0 Å². The zero-order valence-corrected chi connectivity index (χ0v) is 14.4. The van der Waals surface area contributed by atoms with Gasteiger partial charge in [-0.3, -0.25) is 9.59 Å². The fourth-order valence-corrected chi connectivity index (χ4v) is 2.99. The summed E-state index contributed by atoms with van der Waals surface area (Å²) in [5, 5.41) is 2.87. The maximum absolute atomic E-state index is 12.3. The van der Waals surface area contributed by atoms with E-state index >= 15 is 0 Å². The van der Waals surface area contributed by atoms with E-state index in [0.29, 0.717) is 11.3 Å². The van der Waals surface area contributed by atoms with Crippen LogP contribution in [-0.4, -0.2) is 43.4 Å². The van der Waals surface area contributed by atoms with Crippen LogP contribution in [0.2, 0.25) is 0 Å². The molecule has 0 saturated carbocycles. The number of benzene rings is 2. The highest BCUT2D eigenvalue weighted by atomic mass is 16.2. The molecule has 0 spiro atoms. The lowest BCUT2D eigenvalue weighted by Crippen LogP contribution is -2.30. The molecule has 0 aromatic heterocycles. The van der Waals surface area contributed by atoms with E-state index < -0.39 is 0 Å². The number of hydrogen-bond acceptors (Lipinski definition) is 3. The van der Waals surface area contributed by atoms with Crippen molar-refractivity contribution in [3.8, 4) is 0 Å². The van der Waals surface area contributed by atoms with Crippen LogP contribution >= 0.6 is 0 Å². The average Bonchev–Trinajstić information content (AvgIpc) is 3.17. The van der Waals surface area contributed by atoms with Crippen molar-refractivity contribution in [3.05, 3.63) is 60.2 Å². The van der Waals surface area contributed by atoms with Crippen LogP contribution in [0.25, 0.3) is 0 Å². The summed E-state index contributed by atoms with van der Waals surface area (Å²) in [7, 11) is 1.88. The van der Waals surface area contributed by atoms with Gasteiger partial charge in [0.2, 0.25) is 5.91 Å². The number of likely N-dealkylation sites (N-methyl/N-ethyl adjacent to an activating group) is 1. The topological polar surface area (TPSA) is 52.7 Å². The third-order valence-electron chi connectivity index (χ3n) is 4.39. The van der Waals surface area contributed by atoms with Gasteiger partial charge in [0.25, 0.3) is 5.91 Å². The summed E-state index contributed by atoms with van der Waals surface area (Å²) < 4.78 is 0. The lowest BCUT2D eigenvalue weighted by molar-refractivity contribution is -0.114. The maximum Gasteiger partial charge on any atom is 0.253 e. The molecule has 0 aliphatic carbocycles. The Labute approximate surface area is 148 Å². The smallest absolute Gasteiger partial charge is 0.253 e. The van der Waals surface area contributed by atoms with E-state index in [4.69, 9.17) is 0 Å². The Morgan fingerprint density at radius 3 is 2.28 bits per heavy atom. The molecule has 0 bridgehead atoms. The first-order valence-electron chi connectivity index (χ1n) is 8.59. The Balaban J connectivity index is 1.55. The van der Waals surface area contributed by atoms with Crippen molar-refractivity contribution in [2.45, 2.75) is 12.8 Å². The summed E-state index contributed by atoms with van der Waals surface area (Å²) in [6.45, 7) is 1.94. The Kier molecular flexibility index (Phi) is 5.33. The summed E-state index contributed by atoms with van der Waals surface area (Å²) in [4.78, 5) is 28.3. The lowest BCUT2D eigenvalue weighted by Gasteiger charge is -2.19. The molecule has 0 unspecified atom stereocenters. The number of hydrogen-bond donors (Lipinski definition) is 1. The highest BCUT2D eigenvalue weighted by molar-refractivity contribution is 5.96. The molecule has 1 saturated heterocycles. The monoisotopic (exact) mass is 337 g/mol. The quantitative estimate of drug-likeness (QED) is 0.912. The van der Waals surface area contributed by atoms with Crippen LogP contribution in [0.1, 0.15) is 23.2 Å². The Bertz CT molecular complexity index is 722. The summed E-state index contributed by atoms with van der Waals surface area (Å²) >= 11 is 0. The SMILES string of the molecule is CN(CC(=O)Nc1ccc(C(=O)N2CCCC2)cc1)c1ccccc1. The highest BCUT2D eigenvalue weighted by Gasteiger charge is 2.19. The van der Waals surface area contributed by atoms with Crippen molar-refractivity contribution < 1.29 is 9.59 Å². The average molecular weight is 337 g/mol. The molecule has 5 heteroatoms. The van der Waals surface area contributed by atoms with Crippen LogP contribution in [0.3, 0.4) is 0 Å². The second-order valence-electron chi connectivity index (χ2n) is 6.32. The van der Waals surface area contributed by atoms with Gasteiger partial charge in [0, 0.05) is 37.1 Å². The van der Waals surface area contributed by atoms with Gasteiger partial charge in [0.05, 0.1) is 6.54 Å².